The summed E-state index contributed by atoms with van der Waals surface area (Å²) in [6.07, 6.45) is 1.69. The molecule has 8 heteroatoms. The number of hydrogen-bond acceptors (Lipinski definition) is 2. The molecule has 0 saturated carbocycles. The SMILES string of the molecule is Fc1ccc(NC(=S)Nc2nn(Cc3ccccc3Cl)cc2Cl)cc1. The average Bonchev–Trinajstić information content (AvgIpc) is 2.91. The Hall–Kier alpha value is -2.15. The summed E-state index contributed by atoms with van der Waals surface area (Å²) in [6.45, 7) is 0.485. The molecule has 0 aliphatic carbocycles. The first-order valence-corrected chi connectivity index (χ1v) is 8.47. The lowest BCUT2D eigenvalue weighted by molar-refractivity contribution is 0.628. The molecule has 0 atom stereocenters. The molecule has 1 heterocycles. The molecule has 0 fully saturated rings. The maximum atomic E-state index is 12.9. The topological polar surface area (TPSA) is 41.9 Å². The number of nitrogens with one attached hydrogen (secondary N) is 2. The standard InChI is InChI=1S/C17H13Cl2FN4S/c18-14-4-2-1-3-11(14)9-24-10-15(19)16(23-24)22-17(25)21-13-7-5-12(20)6-8-13/h1-8,10H,9H2,(H2,21,22,23,25). The molecule has 2 N–H and O–H groups in total. The number of thiocarbonyl (C=S) groups is 1. The Bertz CT molecular complexity index is 896. The van der Waals surface area contributed by atoms with Gasteiger partial charge in [-0.25, -0.2) is 4.39 Å². The molecule has 0 aliphatic heterocycles. The maximum Gasteiger partial charge on any atom is 0.176 e. The third-order valence-corrected chi connectivity index (χ3v) is 4.19. The number of hydrogen-bond donors (Lipinski definition) is 2. The summed E-state index contributed by atoms with van der Waals surface area (Å²) in [5.41, 5.74) is 1.59. The van der Waals surface area contributed by atoms with Crippen molar-refractivity contribution >= 4 is 52.0 Å². The lowest BCUT2D eigenvalue weighted by Crippen LogP contribution is -2.19. The molecule has 25 heavy (non-hydrogen) atoms. The Balaban J connectivity index is 1.67. The zero-order chi connectivity index (χ0) is 17.8. The Morgan fingerprint density at radius 1 is 1.04 bits per heavy atom. The van der Waals surface area contributed by atoms with Gasteiger partial charge in [0.15, 0.2) is 10.9 Å². The number of anilines is 2. The zero-order valence-electron chi connectivity index (χ0n) is 12.8. The molecule has 0 radical (unpaired) electrons. The van der Waals surface area contributed by atoms with Crippen molar-refractivity contribution < 1.29 is 4.39 Å². The number of aromatic nitrogens is 2. The highest BCUT2D eigenvalue weighted by Crippen LogP contribution is 2.22. The van der Waals surface area contributed by atoms with E-state index >= 15 is 0 Å². The van der Waals surface area contributed by atoms with Crippen LogP contribution in [0.2, 0.25) is 10.0 Å². The van der Waals surface area contributed by atoms with Crippen LogP contribution in [0.1, 0.15) is 5.56 Å². The molecular formula is C17H13Cl2FN4S. The summed E-state index contributed by atoms with van der Waals surface area (Å²) in [5, 5.41) is 11.6. The molecule has 0 saturated heterocycles. The number of rotatable bonds is 4. The van der Waals surface area contributed by atoms with Gasteiger partial charge >= 0.3 is 0 Å². The van der Waals surface area contributed by atoms with Crippen LogP contribution in [-0.2, 0) is 6.54 Å². The lowest BCUT2D eigenvalue weighted by Gasteiger charge is -2.09. The minimum absolute atomic E-state index is 0.302. The lowest BCUT2D eigenvalue weighted by atomic mass is 10.2. The van der Waals surface area contributed by atoms with E-state index in [4.69, 9.17) is 35.4 Å². The first-order chi connectivity index (χ1) is 12.0. The van der Waals surface area contributed by atoms with Gasteiger partial charge in [0, 0.05) is 16.9 Å². The Morgan fingerprint density at radius 2 is 1.76 bits per heavy atom. The molecule has 0 unspecified atom stereocenters. The van der Waals surface area contributed by atoms with Crippen LogP contribution in [0.25, 0.3) is 0 Å². The highest BCUT2D eigenvalue weighted by Gasteiger charge is 2.10. The minimum Gasteiger partial charge on any atom is -0.332 e. The van der Waals surface area contributed by atoms with Gasteiger partial charge in [-0.15, -0.1) is 0 Å². The molecule has 4 nitrogen and oxygen atoms in total. The van der Waals surface area contributed by atoms with Crippen LogP contribution < -0.4 is 10.6 Å². The fourth-order valence-corrected chi connectivity index (χ4v) is 2.77. The molecule has 0 amide bonds. The predicted molar refractivity (Wildman–Crippen MR) is 104 cm³/mol. The molecule has 3 rings (SSSR count). The molecule has 3 aromatic rings. The third-order valence-electron chi connectivity index (χ3n) is 3.34. The van der Waals surface area contributed by atoms with Crippen molar-refractivity contribution in [2.45, 2.75) is 6.54 Å². The largest absolute Gasteiger partial charge is 0.332 e. The van der Waals surface area contributed by atoms with E-state index < -0.39 is 0 Å². The summed E-state index contributed by atoms with van der Waals surface area (Å²) in [6, 6.07) is 13.4. The molecule has 0 bridgehead atoms. The predicted octanol–water partition coefficient (Wildman–Crippen LogP) is 5.19. The van der Waals surface area contributed by atoms with Crippen molar-refractivity contribution in [3.05, 3.63) is 76.2 Å². The van der Waals surface area contributed by atoms with Gasteiger partial charge in [-0.05, 0) is 48.1 Å². The van der Waals surface area contributed by atoms with Gasteiger partial charge in [-0.3, -0.25) is 4.68 Å². The van der Waals surface area contributed by atoms with Crippen LogP contribution in [0.3, 0.4) is 0 Å². The van der Waals surface area contributed by atoms with Crippen LogP contribution in [0.5, 0.6) is 0 Å². The van der Waals surface area contributed by atoms with Gasteiger partial charge in [0.25, 0.3) is 0 Å². The van der Waals surface area contributed by atoms with Crippen molar-refractivity contribution in [2.24, 2.45) is 0 Å². The highest BCUT2D eigenvalue weighted by atomic mass is 35.5. The average molecular weight is 395 g/mol. The quantitative estimate of drug-likeness (QED) is 0.597. The van der Waals surface area contributed by atoms with Crippen molar-refractivity contribution in [1.82, 2.24) is 9.78 Å². The molecule has 0 aliphatic rings. The molecule has 2 aromatic carbocycles. The number of benzene rings is 2. The smallest absolute Gasteiger partial charge is 0.176 e. The van der Waals surface area contributed by atoms with E-state index in [1.165, 1.54) is 12.1 Å². The first-order valence-electron chi connectivity index (χ1n) is 7.31. The van der Waals surface area contributed by atoms with E-state index in [2.05, 4.69) is 15.7 Å². The summed E-state index contributed by atoms with van der Waals surface area (Å²) in [5.74, 6) is 0.110. The van der Waals surface area contributed by atoms with Crippen LogP contribution in [-0.4, -0.2) is 14.9 Å². The number of nitrogens with zero attached hydrogens (tertiary/aromatic N) is 2. The first kappa shape index (κ1) is 17.7. The van der Waals surface area contributed by atoms with Crippen LogP contribution in [0.4, 0.5) is 15.9 Å². The van der Waals surface area contributed by atoms with Crippen molar-refractivity contribution in [1.29, 1.82) is 0 Å². The fourth-order valence-electron chi connectivity index (χ4n) is 2.17. The van der Waals surface area contributed by atoms with Gasteiger partial charge in [-0.2, -0.15) is 5.10 Å². The van der Waals surface area contributed by atoms with Gasteiger partial charge in [0.2, 0.25) is 0 Å². The summed E-state index contributed by atoms with van der Waals surface area (Å²) in [7, 11) is 0. The minimum atomic E-state index is -0.314. The van der Waals surface area contributed by atoms with E-state index in [0.29, 0.717) is 33.2 Å². The maximum absolute atomic E-state index is 12.9. The second-order valence-corrected chi connectivity index (χ2v) is 6.42. The second kappa shape index (κ2) is 7.82. The van der Waals surface area contributed by atoms with E-state index in [9.17, 15) is 4.39 Å². The van der Waals surface area contributed by atoms with Crippen molar-refractivity contribution in [2.75, 3.05) is 10.6 Å². The monoisotopic (exact) mass is 394 g/mol. The van der Waals surface area contributed by atoms with E-state index in [0.717, 1.165) is 5.56 Å². The molecule has 128 valence electrons. The van der Waals surface area contributed by atoms with Gasteiger partial charge in [0.05, 0.1) is 6.54 Å². The zero-order valence-corrected chi connectivity index (χ0v) is 15.2. The fraction of sp³-hybridized carbons (Fsp3) is 0.0588. The summed E-state index contributed by atoms with van der Waals surface area (Å²) >= 11 is 17.6. The normalized spacial score (nSPS) is 10.5. The highest BCUT2D eigenvalue weighted by molar-refractivity contribution is 7.80. The molecular weight excluding hydrogens is 382 g/mol. The van der Waals surface area contributed by atoms with Crippen molar-refractivity contribution in [3.8, 4) is 0 Å². The van der Waals surface area contributed by atoms with Gasteiger partial charge in [0.1, 0.15) is 10.8 Å². The Labute approximate surface area is 159 Å². The van der Waals surface area contributed by atoms with E-state index in [-0.39, 0.29) is 5.82 Å². The van der Waals surface area contributed by atoms with Crippen LogP contribution >= 0.6 is 35.4 Å². The van der Waals surface area contributed by atoms with E-state index in [1.54, 1.807) is 23.0 Å². The third kappa shape index (κ3) is 4.69. The van der Waals surface area contributed by atoms with Gasteiger partial charge < -0.3 is 10.6 Å². The van der Waals surface area contributed by atoms with Crippen LogP contribution in [0, 0.1) is 5.82 Å². The molecule has 0 spiro atoms. The Morgan fingerprint density at radius 3 is 2.48 bits per heavy atom. The second-order valence-electron chi connectivity index (χ2n) is 5.20. The van der Waals surface area contributed by atoms with Crippen LogP contribution in [0.15, 0.2) is 54.7 Å². The van der Waals surface area contributed by atoms with E-state index in [1.807, 2.05) is 24.3 Å². The summed E-state index contributed by atoms with van der Waals surface area (Å²) in [4.78, 5) is 0. The van der Waals surface area contributed by atoms with Gasteiger partial charge in [-0.1, -0.05) is 41.4 Å². The Kier molecular flexibility index (Phi) is 5.53. The summed E-state index contributed by atoms with van der Waals surface area (Å²) < 4.78 is 14.6. The van der Waals surface area contributed by atoms with Crippen molar-refractivity contribution in [3.63, 3.8) is 0 Å². The molecule has 1 aromatic heterocycles. The number of halogens is 3.